The molecule has 2 aromatic heterocycles. The Morgan fingerprint density at radius 2 is 1.77 bits per heavy atom. The summed E-state index contributed by atoms with van der Waals surface area (Å²) in [6, 6.07) is 21.9. The fraction of sp³-hybridized carbons (Fsp3) is 0.250. The lowest BCUT2D eigenvalue weighted by Crippen LogP contribution is -2.29. The molecule has 9 nitrogen and oxygen atoms in total. The fourth-order valence-corrected chi connectivity index (χ4v) is 7.28. The van der Waals surface area contributed by atoms with E-state index >= 15 is 0 Å². The van der Waals surface area contributed by atoms with Gasteiger partial charge in [0.15, 0.2) is 15.8 Å². The molecule has 1 unspecified atom stereocenters. The highest BCUT2D eigenvalue weighted by Gasteiger charge is 2.48. The second kappa shape index (κ2) is 14.4. The summed E-state index contributed by atoms with van der Waals surface area (Å²) >= 11 is 2.73. The monoisotopic (exact) mass is 666 g/mol. The summed E-state index contributed by atoms with van der Waals surface area (Å²) in [5, 5.41) is 22.8. The van der Waals surface area contributed by atoms with Crippen LogP contribution in [0.3, 0.4) is 0 Å². The van der Waals surface area contributed by atoms with E-state index in [-0.39, 0.29) is 16.5 Å². The number of aromatic nitrogens is 3. The maximum atomic E-state index is 13.7. The summed E-state index contributed by atoms with van der Waals surface area (Å²) in [6.45, 7) is 7.03. The Bertz CT molecular complexity index is 1940. The van der Waals surface area contributed by atoms with Gasteiger partial charge in [-0.15, -0.1) is 10.2 Å². The number of anilines is 1. The predicted octanol–water partition coefficient (Wildman–Crippen LogP) is 7.83. The first-order valence-electron chi connectivity index (χ1n) is 15.4. The van der Waals surface area contributed by atoms with Crippen LogP contribution in [0.1, 0.15) is 49.9 Å². The Morgan fingerprint density at radius 3 is 2.55 bits per heavy atom. The van der Waals surface area contributed by atoms with Crippen LogP contribution in [0.4, 0.5) is 5.13 Å². The highest BCUT2D eigenvalue weighted by Crippen LogP contribution is 2.46. The Morgan fingerprint density at radius 1 is 0.979 bits per heavy atom. The largest absolute Gasteiger partial charge is 0.507 e. The topological polar surface area (TPSA) is 115 Å². The molecule has 1 N–H and O–H groups in total. The molecule has 0 aliphatic carbocycles. The number of pyridine rings is 1. The highest BCUT2D eigenvalue weighted by molar-refractivity contribution is 8.00. The Kier molecular flexibility index (Phi) is 9.84. The fourth-order valence-electron chi connectivity index (χ4n) is 5.41. The van der Waals surface area contributed by atoms with Crippen molar-refractivity contribution in [2.75, 3.05) is 18.1 Å². The number of carbonyl (C=O) groups excluding carboxylic acids is 2. The molecule has 0 spiro atoms. The van der Waals surface area contributed by atoms with Crippen molar-refractivity contribution in [3.63, 3.8) is 0 Å². The lowest BCUT2D eigenvalue weighted by atomic mass is 9.95. The van der Waals surface area contributed by atoms with E-state index in [4.69, 9.17) is 9.47 Å². The number of carbonyl (C=O) groups is 2. The van der Waals surface area contributed by atoms with Crippen molar-refractivity contribution in [2.24, 2.45) is 5.92 Å². The van der Waals surface area contributed by atoms with Gasteiger partial charge < -0.3 is 14.6 Å². The van der Waals surface area contributed by atoms with E-state index < -0.39 is 17.7 Å². The first kappa shape index (κ1) is 32.2. The number of hydrogen-bond donors (Lipinski definition) is 1. The Labute approximate surface area is 281 Å². The van der Waals surface area contributed by atoms with Gasteiger partial charge in [-0.3, -0.25) is 19.5 Å². The van der Waals surface area contributed by atoms with Gasteiger partial charge in [0, 0.05) is 23.7 Å². The van der Waals surface area contributed by atoms with Crippen molar-refractivity contribution in [1.82, 2.24) is 15.2 Å². The molecule has 0 bridgehead atoms. The van der Waals surface area contributed by atoms with Crippen LogP contribution in [0.25, 0.3) is 16.5 Å². The second-order valence-electron chi connectivity index (χ2n) is 11.4. The summed E-state index contributed by atoms with van der Waals surface area (Å²) in [5.74, 6) is 0.235. The van der Waals surface area contributed by atoms with E-state index in [9.17, 15) is 14.7 Å². The number of rotatable bonds is 12. The lowest BCUT2D eigenvalue weighted by molar-refractivity contribution is -0.132. The smallest absolute Gasteiger partial charge is 0.301 e. The van der Waals surface area contributed by atoms with Crippen molar-refractivity contribution in [2.45, 2.75) is 43.3 Å². The molecule has 1 saturated heterocycles. The van der Waals surface area contributed by atoms with Gasteiger partial charge in [-0.25, -0.2) is 0 Å². The van der Waals surface area contributed by atoms with Gasteiger partial charge in [0.05, 0.1) is 24.8 Å². The second-order valence-corrected chi connectivity index (χ2v) is 13.5. The molecular weight excluding hydrogens is 633 g/mol. The molecule has 5 aromatic rings. The van der Waals surface area contributed by atoms with E-state index in [1.807, 2.05) is 25.1 Å². The molecule has 3 aromatic carbocycles. The molecule has 240 valence electrons. The molecular formula is C36H34N4O5S2. The van der Waals surface area contributed by atoms with Crippen LogP contribution < -0.4 is 14.4 Å². The Balaban J connectivity index is 1.37. The summed E-state index contributed by atoms with van der Waals surface area (Å²) in [5.41, 5.74) is 2.02. The third-order valence-corrected chi connectivity index (χ3v) is 9.87. The van der Waals surface area contributed by atoms with Gasteiger partial charge in [-0.05, 0) is 65.4 Å². The van der Waals surface area contributed by atoms with Crippen LogP contribution >= 0.6 is 23.1 Å². The zero-order valence-electron chi connectivity index (χ0n) is 26.3. The van der Waals surface area contributed by atoms with Crippen LogP contribution in [-0.4, -0.2) is 45.2 Å². The number of ether oxygens (including phenoxy) is 2. The lowest BCUT2D eigenvalue weighted by Gasteiger charge is -2.23. The third-order valence-electron chi connectivity index (χ3n) is 7.77. The first-order valence-corrected chi connectivity index (χ1v) is 17.2. The van der Waals surface area contributed by atoms with Crippen molar-refractivity contribution in [1.29, 1.82) is 0 Å². The number of thioether (sulfide) groups is 1. The number of aliphatic hydroxyl groups is 1. The molecule has 1 aliphatic rings. The van der Waals surface area contributed by atoms with Crippen LogP contribution in [-0.2, 0) is 15.3 Å². The molecule has 6 rings (SSSR count). The van der Waals surface area contributed by atoms with Gasteiger partial charge in [0.25, 0.3) is 5.78 Å². The SMILES string of the molecule is CCOc1cc(C2C(=C(O)c3ccncc3)C(=O)C(=O)N2c2nnc(SCc3cccc4ccccc34)s2)ccc1OCCC(C)C. The van der Waals surface area contributed by atoms with Gasteiger partial charge in [-0.2, -0.15) is 0 Å². The number of fused-ring (bicyclic) bond motifs is 1. The van der Waals surface area contributed by atoms with Crippen molar-refractivity contribution >= 4 is 56.5 Å². The first-order chi connectivity index (χ1) is 22.9. The van der Waals surface area contributed by atoms with Gasteiger partial charge in [0.2, 0.25) is 5.13 Å². The van der Waals surface area contributed by atoms with Crippen LogP contribution in [0.15, 0.2) is 95.1 Å². The standard InChI is InChI=1S/C36H34N4O5S2/c1-4-44-29-20-25(12-13-28(29)45-19-16-22(2)3)31-30(32(41)24-14-17-37-18-15-24)33(42)34(43)40(31)35-38-39-36(47-35)46-21-26-10-7-9-23-8-5-6-11-27(23)26/h5-15,17-18,20,22,31,41H,4,16,19,21H2,1-3H3. The maximum Gasteiger partial charge on any atom is 0.301 e. The van der Waals surface area contributed by atoms with E-state index in [1.165, 1.54) is 40.4 Å². The zero-order chi connectivity index (χ0) is 32.9. The van der Waals surface area contributed by atoms with Crippen molar-refractivity contribution < 1.29 is 24.2 Å². The average Bonchev–Trinajstić information content (AvgIpc) is 3.66. The van der Waals surface area contributed by atoms with Gasteiger partial charge in [-0.1, -0.05) is 85.5 Å². The van der Waals surface area contributed by atoms with Crippen molar-refractivity contribution in [3.05, 3.63) is 107 Å². The number of ketones is 1. The quantitative estimate of drug-likeness (QED) is 0.0468. The van der Waals surface area contributed by atoms with Crippen LogP contribution in [0.2, 0.25) is 0 Å². The molecule has 11 heteroatoms. The van der Waals surface area contributed by atoms with Gasteiger partial charge in [0.1, 0.15) is 5.76 Å². The number of benzene rings is 3. The van der Waals surface area contributed by atoms with E-state index in [0.29, 0.717) is 51.9 Å². The number of aliphatic hydroxyl groups excluding tert-OH is 1. The number of nitrogens with zero attached hydrogens (tertiary/aromatic N) is 4. The summed E-state index contributed by atoms with van der Waals surface area (Å²) in [6.07, 6.45) is 3.90. The molecule has 1 fully saturated rings. The minimum atomic E-state index is -0.990. The predicted molar refractivity (Wildman–Crippen MR) is 185 cm³/mol. The van der Waals surface area contributed by atoms with Crippen molar-refractivity contribution in [3.8, 4) is 11.5 Å². The molecule has 1 aliphatic heterocycles. The summed E-state index contributed by atoms with van der Waals surface area (Å²) in [7, 11) is 0. The summed E-state index contributed by atoms with van der Waals surface area (Å²) in [4.78, 5) is 32.8. The Hall–Kier alpha value is -4.74. The van der Waals surface area contributed by atoms with Crippen LogP contribution in [0, 0.1) is 5.92 Å². The van der Waals surface area contributed by atoms with E-state index in [0.717, 1.165) is 22.8 Å². The van der Waals surface area contributed by atoms with Crippen LogP contribution in [0.5, 0.6) is 11.5 Å². The zero-order valence-corrected chi connectivity index (χ0v) is 27.9. The van der Waals surface area contributed by atoms with E-state index in [1.54, 1.807) is 30.3 Å². The van der Waals surface area contributed by atoms with Gasteiger partial charge >= 0.3 is 5.91 Å². The number of amides is 1. The number of Topliss-reactive ketones (excluding diaryl/α,β-unsaturated/α-hetero) is 1. The molecule has 3 heterocycles. The van der Waals surface area contributed by atoms with E-state index in [2.05, 4.69) is 53.3 Å². The summed E-state index contributed by atoms with van der Waals surface area (Å²) < 4.78 is 12.6. The highest BCUT2D eigenvalue weighted by atomic mass is 32.2. The normalized spacial score (nSPS) is 15.9. The minimum absolute atomic E-state index is 0.0581. The third kappa shape index (κ3) is 6.86. The maximum absolute atomic E-state index is 13.7. The molecule has 47 heavy (non-hydrogen) atoms. The minimum Gasteiger partial charge on any atom is -0.507 e. The average molecular weight is 667 g/mol. The number of hydrogen-bond acceptors (Lipinski definition) is 10. The molecule has 1 amide bonds. The molecule has 1 atom stereocenters. The molecule has 0 saturated carbocycles. The molecule has 0 radical (unpaired) electrons.